The van der Waals surface area contributed by atoms with Crippen molar-refractivity contribution >= 4 is 29.8 Å². The van der Waals surface area contributed by atoms with Gasteiger partial charge in [-0.15, -0.1) is 0 Å². The summed E-state index contributed by atoms with van der Waals surface area (Å²) in [7, 11) is 2.55. The molecule has 2 aliphatic heterocycles. The molecular formula is C45H54N8O7. The second kappa shape index (κ2) is 17.6. The van der Waals surface area contributed by atoms with Crippen molar-refractivity contribution in [2.45, 2.75) is 110 Å². The minimum absolute atomic E-state index is 0.129. The van der Waals surface area contributed by atoms with Crippen LogP contribution in [0.15, 0.2) is 24.5 Å². The number of rotatable bonds is 8. The summed E-state index contributed by atoms with van der Waals surface area (Å²) in [4.78, 5) is 84.9. The third kappa shape index (κ3) is 8.35. The Bertz CT molecular complexity index is 2280. The van der Waals surface area contributed by atoms with Crippen molar-refractivity contribution in [2.24, 2.45) is 17.3 Å². The van der Waals surface area contributed by atoms with Crippen molar-refractivity contribution in [3.05, 3.63) is 69.8 Å². The van der Waals surface area contributed by atoms with Crippen LogP contribution in [0.1, 0.15) is 141 Å². The molecule has 4 atom stereocenters. The summed E-state index contributed by atoms with van der Waals surface area (Å²) < 4.78 is 9.52. The standard InChI is InChI=1S/C45H54N8O7/c1-26(2)36(50-43(57)59-5)41(55)52-21-9-11-33(52)39-46-24-30(48-39)17-15-28-13-14-29(35-32(28)23-45(38(35)54)19-7-8-20-45)16-18-31-25-47-40(49-31)34-12-10-22-53(34)42(56)37(27(3)4)51-44(58)60-6/h13-14,24-27,33-34,36-37H,7-12,19-23H2,1-6H3,(H,46,48)(H,47,49)(H,50,57)(H,51,58)/t33-,34?,36-,37-/m0/s1. The van der Waals surface area contributed by atoms with Gasteiger partial charge in [-0.05, 0) is 86.3 Å². The van der Waals surface area contributed by atoms with Gasteiger partial charge in [-0.1, -0.05) is 52.4 Å². The zero-order valence-corrected chi connectivity index (χ0v) is 35.2. The Hall–Kier alpha value is -6.09. The van der Waals surface area contributed by atoms with E-state index in [1.54, 1.807) is 22.2 Å². The first-order valence-electron chi connectivity index (χ1n) is 21.0. The van der Waals surface area contributed by atoms with Crippen LogP contribution in [0.5, 0.6) is 0 Å². The highest BCUT2D eigenvalue weighted by Crippen LogP contribution is 2.50. The fraction of sp³-hybridized carbons (Fsp3) is 0.533. The summed E-state index contributed by atoms with van der Waals surface area (Å²) in [6, 6.07) is 1.75. The summed E-state index contributed by atoms with van der Waals surface area (Å²) in [6.07, 6.45) is 9.35. The number of imidazole rings is 2. The lowest BCUT2D eigenvalue weighted by molar-refractivity contribution is -0.136. The van der Waals surface area contributed by atoms with Gasteiger partial charge >= 0.3 is 12.2 Å². The van der Waals surface area contributed by atoms with Gasteiger partial charge in [0.25, 0.3) is 0 Å². The van der Waals surface area contributed by atoms with Gasteiger partial charge in [0.15, 0.2) is 5.78 Å². The number of alkyl carbamates (subject to hydrolysis) is 2. The van der Waals surface area contributed by atoms with Gasteiger partial charge in [0.2, 0.25) is 11.8 Å². The SMILES string of the molecule is COC(=O)N[C@H](C(=O)N1CCCC1c1ncc(C#Cc2ccc(C#Cc3cnc([C@@H]4CCCN4C(=O)[C@@H](NC(=O)OC)C(C)C)[nH]3)c3c2C(=O)C2(CCCC2)C3)[nH]1)C(C)C. The van der Waals surface area contributed by atoms with Crippen LogP contribution in [-0.4, -0.2) is 98.9 Å². The molecule has 1 saturated carbocycles. The third-order valence-electron chi connectivity index (χ3n) is 12.4. The van der Waals surface area contributed by atoms with E-state index in [0.29, 0.717) is 53.7 Å². The quantitative estimate of drug-likeness (QED) is 0.218. The zero-order chi connectivity index (χ0) is 42.7. The number of hydrogen-bond donors (Lipinski definition) is 4. The molecule has 2 aromatic heterocycles. The Morgan fingerprint density at radius 1 is 0.733 bits per heavy atom. The number of H-pyrrole nitrogens is 2. The number of ether oxygens (including phenoxy) is 2. The highest BCUT2D eigenvalue weighted by molar-refractivity contribution is 6.07. The predicted molar refractivity (Wildman–Crippen MR) is 220 cm³/mol. The summed E-state index contributed by atoms with van der Waals surface area (Å²) in [5, 5.41) is 5.36. The predicted octanol–water partition coefficient (Wildman–Crippen LogP) is 5.32. The Morgan fingerprint density at radius 3 is 1.67 bits per heavy atom. The maximum atomic E-state index is 14.3. The molecule has 3 aromatic rings. The van der Waals surface area contributed by atoms with Gasteiger partial charge < -0.3 is 39.9 Å². The Balaban J connectivity index is 1.11. The number of methoxy groups -OCH3 is 2. The van der Waals surface area contributed by atoms with Crippen molar-refractivity contribution in [2.75, 3.05) is 27.3 Å². The van der Waals surface area contributed by atoms with Gasteiger partial charge in [0.05, 0.1) is 38.7 Å². The van der Waals surface area contributed by atoms with E-state index in [1.807, 2.05) is 39.8 Å². The topological polar surface area (TPSA) is 192 Å². The van der Waals surface area contributed by atoms with E-state index in [4.69, 9.17) is 9.47 Å². The number of Topliss-reactive ketones (excluding diaryl/α,β-unsaturated/α-hetero) is 1. The molecule has 316 valence electrons. The molecule has 1 spiro atoms. The monoisotopic (exact) mass is 818 g/mol. The smallest absolute Gasteiger partial charge is 0.407 e. The lowest BCUT2D eigenvalue weighted by atomic mass is 9.82. The fourth-order valence-corrected chi connectivity index (χ4v) is 9.25. The highest BCUT2D eigenvalue weighted by Gasteiger charge is 2.48. The van der Waals surface area contributed by atoms with Crippen LogP contribution in [0, 0.1) is 40.9 Å². The van der Waals surface area contributed by atoms with Crippen LogP contribution in [0.25, 0.3) is 0 Å². The number of aromatic nitrogens is 4. The molecule has 15 heteroatoms. The number of carbonyl (C=O) groups is 5. The molecule has 0 bridgehead atoms. The van der Waals surface area contributed by atoms with Crippen LogP contribution < -0.4 is 10.6 Å². The molecule has 1 aromatic carbocycles. The van der Waals surface area contributed by atoms with Gasteiger partial charge in [0.1, 0.15) is 35.1 Å². The maximum absolute atomic E-state index is 14.3. The molecule has 2 aliphatic carbocycles. The van der Waals surface area contributed by atoms with E-state index in [9.17, 15) is 24.0 Å². The number of ketones is 1. The zero-order valence-electron chi connectivity index (χ0n) is 35.2. The number of nitrogens with zero attached hydrogens (tertiary/aromatic N) is 4. The Kier molecular flexibility index (Phi) is 12.4. The van der Waals surface area contributed by atoms with Crippen molar-refractivity contribution < 1.29 is 33.4 Å². The molecule has 2 saturated heterocycles. The maximum Gasteiger partial charge on any atom is 0.407 e. The number of benzene rings is 1. The molecular weight excluding hydrogens is 765 g/mol. The molecule has 4 heterocycles. The minimum Gasteiger partial charge on any atom is -0.453 e. The average Bonchev–Trinajstić information content (AvgIpc) is 4.10. The second-order valence-electron chi connectivity index (χ2n) is 17.0. The number of carbonyl (C=O) groups excluding carboxylic acids is 5. The van der Waals surface area contributed by atoms with Crippen LogP contribution in [0.2, 0.25) is 0 Å². The minimum atomic E-state index is -0.735. The van der Waals surface area contributed by atoms with Gasteiger partial charge in [-0.2, -0.15) is 0 Å². The van der Waals surface area contributed by atoms with E-state index in [-0.39, 0.29) is 41.5 Å². The van der Waals surface area contributed by atoms with E-state index in [1.165, 1.54) is 14.2 Å². The molecule has 15 nitrogen and oxygen atoms in total. The van der Waals surface area contributed by atoms with E-state index < -0.39 is 29.7 Å². The van der Waals surface area contributed by atoms with Crippen LogP contribution >= 0.6 is 0 Å². The Morgan fingerprint density at radius 2 is 1.20 bits per heavy atom. The fourth-order valence-electron chi connectivity index (χ4n) is 9.25. The molecule has 4 aliphatic rings. The summed E-state index contributed by atoms with van der Waals surface area (Å²) in [6.45, 7) is 8.61. The van der Waals surface area contributed by atoms with Gasteiger partial charge in [0, 0.05) is 35.2 Å². The van der Waals surface area contributed by atoms with E-state index in [0.717, 1.165) is 62.5 Å². The number of nitrogens with one attached hydrogen (secondary N) is 4. The second-order valence-corrected chi connectivity index (χ2v) is 17.0. The molecule has 4 amide bonds. The van der Waals surface area contributed by atoms with Gasteiger partial charge in [-0.25, -0.2) is 19.6 Å². The van der Waals surface area contributed by atoms with Crippen molar-refractivity contribution in [1.29, 1.82) is 0 Å². The average molecular weight is 819 g/mol. The van der Waals surface area contributed by atoms with E-state index >= 15 is 0 Å². The number of hydrogen-bond acceptors (Lipinski definition) is 9. The molecule has 4 N–H and O–H groups in total. The normalized spacial score (nSPS) is 20.0. The summed E-state index contributed by atoms with van der Waals surface area (Å²) in [5.41, 5.74) is 3.67. The van der Waals surface area contributed by atoms with Gasteiger partial charge in [-0.3, -0.25) is 14.4 Å². The summed E-state index contributed by atoms with van der Waals surface area (Å²) >= 11 is 0. The first-order chi connectivity index (χ1) is 28.8. The lowest BCUT2D eigenvalue weighted by Gasteiger charge is -2.29. The summed E-state index contributed by atoms with van der Waals surface area (Å²) in [5.74, 6) is 13.7. The van der Waals surface area contributed by atoms with Crippen LogP contribution in [-0.2, 0) is 25.5 Å². The highest BCUT2D eigenvalue weighted by atomic mass is 16.5. The third-order valence-corrected chi connectivity index (χ3v) is 12.4. The van der Waals surface area contributed by atoms with Crippen LogP contribution in [0.3, 0.4) is 0 Å². The number of likely N-dealkylation sites (tertiary alicyclic amines) is 2. The molecule has 0 radical (unpaired) electrons. The first kappa shape index (κ1) is 42.0. The van der Waals surface area contributed by atoms with E-state index in [2.05, 4.69) is 54.3 Å². The first-order valence-corrected chi connectivity index (χ1v) is 21.0. The number of aromatic amines is 2. The largest absolute Gasteiger partial charge is 0.453 e. The molecule has 3 fully saturated rings. The van der Waals surface area contributed by atoms with Crippen molar-refractivity contribution in [3.8, 4) is 23.7 Å². The number of amides is 4. The lowest BCUT2D eigenvalue weighted by Crippen LogP contribution is -2.51. The Labute approximate surface area is 350 Å². The van der Waals surface area contributed by atoms with Crippen molar-refractivity contribution in [3.63, 3.8) is 0 Å². The number of fused-ring (bicyclic) bond motifs is 1. The molecule has 60 heavy (non-hydrogen) atoms. The molecule has 1 unspecified atom stereocenters. The van der Waals surface area contributed by atoms with Crippen LogP contribution in [0.4, 0.5) is 9.59 Å². The molecule has 7 rings (SSSR count). The van der Waals surface area contributed by atoms with Crippen molar-refractivity contribution in [1.82, 2.24) is 40.4 Å².